The highest BCUT2D eigenvalue weighted by Crippen LogP contribution is 2.56. The minimum atomic E-state index is -2.70. The van der Waals surface area contributed by atoms with Crippen LogP contribution < -0.4 is 17.2 Å². The molecule has 3 N–H and O–H groups in total. The van der Waals surface area contributed by atoms with Crippen molar-refractivity contribution in [2.75, 3.05) is 32.1 Å². The number of aromatic nitrogens is 7. The first-order valence-corrected chi connectivity index (χ1v) is 24.8. The molecule has 6 aromatic rings. The van der Waals surface area contributed by atoms with Gasteiger partial charge in [0, 0.05) is 78.4 Å². The number of aryl methyl sites for hydroxylation is 2. The highest BCUT2D eigenvalue weighted by molar-refractivity contribution is 7.68. The van der Waals surface area contributed by atoms with Crippen LogP contribution in [0.15, 0.2) is 92.6 Å². The number of nitrogens with one attached hydrogen (secondary N) is 1. The Bertz CT molecular complexity index is 3140. The molecule has 15 nitrogen and oxygen atoms in total. The minimum absolute atomic E-state index is 0.0105. The summed E-state index contributed by atoms with van der Waals surface area (Å²) in [6, 6.07) is 11.1. The van der Waals surface area contributed by atoms with E-state index in [0.717, 1.165) is 23.7 Å². The molecule has 0 spiro atoms. The third-order valence-corrected chi connectivity index (χ3v) is 18.0. The molecule has 2 aromatic carbocycles. The number of aromatic amines is 1. The Morgan fingerprint density at radius 2 is 1.77 bits per heavy atom. The lowest BCUT2D eigenvalue weighted by atomic mass is 9.91. The second kappa shape index (κ2) is 16.9. The van der Waals surface area contributed by atoms with Crippen molar-refractivity contribution in [2.24, 2.45) is 11.7 Å². The van der Waals surface area contributed by atoms with Gasteiger partial charge in [-0.3, -0.25) is 23.4 Å². The van der Waals surface area contributed by atoms with Crippen molar-refractivity contribution >= 4 is 29.6 Å². The van der Waals surface area contributed by atoms with Gasteiger partial charge in [-0.2, -0.15) is 5.10 Å². The molecule has 66 heavy (non-hydrogen) atoms. The Morgan fingerprint density at radius 3 is 2.39 bits per heavy atom. The van der Waals surface area contributed by atoms with Crippen LogP contribution in [0.1, 0.15) is 110 Å². The summed E-state index contributed by atoms with van der Waals surface area (Å²) in [4.78, 5) is 47.3. The first kappa shape index (κ1) is 44.9. The van der Waals surface area contributed by atoms with Crippen molar-refractivity contribution in [3.8, 4) is 11.5 Å². The van der Waals surface area contributed by atoms with Crippen molar-refractivity contribution in [2.45, 2.75) is 91.6 Å². The van der Waals surface area contributed by atoms with Gasteiger partial charge in [-0.15, -0.1) is 0 Å². The number of hydrogen-bond acceptors (Lipinski definition) is 9. The molecule has 6 heterocycles. The number of carbonyl (C=O) groups is 1. The number of rotatable bonds is 12. The SMILES string of the molecule is C=C/C(=C\C(N)=C(/C)P(=O)(CC)CC)n1ccn(-c2c3c(nn2-c2cc(C)c(F)c(C)c2)CCN(C(=O)c2cc4cc(C5CCOCC5)ccc4n2C2(c4noc(=O)[nH]4)CC2C)C3C)c1=O. The highest BCUT2D eigenvalue weighted by atomic mass is 31.2. The zero-order valence-electron chi connectivity index (χ0n) is 38.6. The number of H-pyrrole nitrogens is 1. The molecular formula is C49H57FN9O6P. The molecule has 2 aliphatic heterocycles. The number of allylic oxidation sites excluding steroid dienone is 4. The number of ether oxygens (including phenoxy) is 1. The van der Waals surface area contributed by atoms with E-state index in [1.54, 1.807) is 61.0 Å². The molecule has 1 aliphatic carbocycles. The zero-order chi connectivity index (χ0) is 47.0. The number of carbonyl (C=O) groups excluding carboxylic acids is 1. The van der Waals surface area contributed by atoms with E-state index in [2.05, 4.69) is 41.8 Å². The van der Waals surface area contributed by atoms with Crippen molar-refractivity contribution in [1.82, 2.24) is 38.5 Å². The molecule has 1 saturated heterocycles. The van der Waals surface area contributed by atoms with E-state index in [-0.39, 0.29) is 17.6 Å². The maximum absolute atomic E-state index is 15.5. The van der Waals surface area contributed by atoms with Gasteiger partial charge < -0.3 is 24.5 Å². The normalized spacial score (nSPS) is 20.7. The molecule has 3 atom stereocenters. The summed E-state index contributed by atoms with van der Waals surface area (Å²) in [5, 5.41) is 10.7. The van der Waals surface area contributed by atoms with Crippen molar-refractivity contribution in [3.05, 3.63) is 145 Å². The van der Waals surface area contributed by atoms with E-state index >= 15 is 9.18 Å². The second-order valence-electron chi connectivity index (χ2n) is 18.1. The van der Waals surface area contributed by atoms with E-state index in [9.17, 15) is 14.2 Å². The van der Waals surface area contributed by atoms with Gasteiger partial charge in [0.2, 0.25) is 0 Å². The fraction of sp³-hybridized carbons (Fsp3) is 0.408. The predicted octanol–water partition coefficient (Wildman–Crippen LogP) is 8.27. The van der Waals surface area contributed by atoms with Crippen LogP contribution in [-0.4, -0.2) is 76.5 Å². The number of hydrogen-bond donors (Lipinski definition) is 2. The monoisotopic (exact) mass is 917 g/mol. The van der Waals surface area contributed by atoms with Gasteiger partial charge in [0.1, 0.15) is 30.0 Å². The first-order valence-electron chi connectivity index (χ1n) is 22.8. The molecule has 3 aliphatic rings. The third-order valence-electron chi connectivity index (χ3n) is 14.5. The number of nitrogens with zero attached hydrogens (tertiary/aromatic N) is 7. The maximum atomic E-state index is 15.5. The Morgan fingerprint density at radius 1 is 1.08 bits per heavy atom. The summed E-state index contributed by atoms with van der Waals surface area (Å²) in [6.07, 6.45) is 10.1. The van der Waals surface area contributed by atoms with Crippen LogP contribution >= 0.6 is 7.14 Å². The van der Waals surface area contributed by atoms with Crippen LogP contribution in [0.3, 0.4) is 0 Å². The van der Waals surface area contributed by atoms with Crippen molar-refractivity contribution in [1.29, 1.82) is 0 Å². The smallest absolute Gasteiger partial charge is 0.398 e. The van der Waals surface area contributed by atoms with E-state index in [0.29, 0.717) is 113 Å². The average molecular weight is 918 g/mol. The summed E-state index contributed by atoms with van der Waals surface area (Å²) in [6.45, 7) is 18.6. The number of amides is 1. The van der Waals surface area contributed by atoms with Crippen LogP contribution in [0.2, 0.25) is 0 Å². The van der Waals surface area contributed by atoms with Gasteiger partial charge in [0.05, 0.1) is 23.1 Å². The molecule has 346 valence electrons. The van der Waals surface area contributed by atoms with Gasteiger partial charge in [0.15, 0.2) is 5.82 Å². The van der Waals surface area contributed by atoms with Crippen LogP contribution in [0.4, 0.5) is 4.39 Å². The molecule has 1 saturated carbocycles. The number of benzene rings is 2. The minimum Gasteiger partial charge on any atom is -0.398 e. The molecule has 1 amide bonds. The summed E-state index contributed by atoms with van der Waals surface area (Å²) < 4.78 is 46.1. The van der Waals surface area contributed by atoms with Gasteiger partial charge in [-0.25, -0.2) is 18.7 Å². The average Bonchev–Trinajstić information content (AvgIpc) is 3.81. The van der Waals surface area contributed by atoms with E-state index in [4.69, 9.17) is 20.1 Å². The van der Waals surface area contributed by atoms with Crippen LogP contribution in [0.5, 0.6) is 0 Å². The van der Waals surface area contributed by atoms with Crippen LogP contribution in [0, 0.1) is 25.6 Å². The Balaban J connectivity index is 1.19. The summed E-state index contributed by atoms with van der Waals surface area (Å²) in [5.41, 5.74) is 11.1. The summed E-state index contributed by atoms with van der Waals surface area (Å²) in [7, 11) is -2.70. The largest absolute Gasteiger partial charge is 0.438 e. The van der Waals surface area contributed by atoms with Gasteiger partial charge in [-0.05, 0) is 118 Å². The van der Waals surface area contributed by atoms with Gasteiger partial charge in [0.25, 0.3) is 5.91 Å². The van der Waals surface area contributed by atoms with Crippen molar-refractivity contribution in [3.63, 3.8) is 0 Å². The second-order valence-corrected chi connectivity index (χ2v) is 21.8. The third kappa shape index (κ3) is 7.20. The standard InChI is InChI=1S/C49H57FN9O6P/c1-9-36(26-38(51)32(8)66(63,10-2)11-3)56-18-19-57(48(56)62)44-42-31(7)55(17-14-39(42)53-59(44)37-22-28(4)43(50)29(5)23-37)45(60)41-25-35-24-34(33-15-20-64-21-16-33)12-13-40(35)58(41)49(27-30(49)6)46-52-47(61)65-54-46/h9,12-13,18-19,22-26,30-31,33H,1,10-11,14-17,20-21,27,51H2,2-8H3,(H,52,54,61)/b36-26+,38-32-. The van der Waals surface area contributed by atoms with Crippen LogP contribution in [-0.2, 0) is 21.3 Å². The van der Waals surface area contributed by atoms with E-state index < -0.39 is 30.2 Å². The molecule has 0 radical (unpaired) electrons. The highest BCUT2D eigenvalue weighted by Gasteiger charge is 2.59. The van der Waals surface area contributed by atoms with Gasteiger partial charge >= 0.3 is 11.4 Å². The van der Waals surface area contributed by atoms with E-state index in [1.165, 1.54) is 20.8 Å². The Hall–Kier alpha value is -6.25. The molecule has 0 bridgehead atoms. The van der Waals surface area contributed by atoms with Crippen molar-refractivity contribution < 1.29 is 23.0 Å². The number of imidazole rings is 1. The summed E-state index contributed by atoms with van der Waals surface area (Å²) in [5.74, 6) is -0.169. The fourth-order valence-electron chi connectivity index (χ4n) is 10.4. The predicted molar refractivity (Wildman–Crippen MR) is 252 cm³/mol. The fourth-order valence-corrected chi connectivity index (χ4v) is 12.3. The molecule has 3 unspecified atom stereocenters. The van der Waals surface area contributed by atoms with E-state index in [1.807, 2.05) is 31.4 Å². The zero-order valence-corrected chi connectivity index (χ0v) is 39.5. The molecular weight excluding hydrogens is 861 g/mol. The molecule has 4 aromatic heterocycles. The lowest BCUT2D eigenvalue weighted by Crippen LogP contribution is -2.41. The lowest BCUT2D eigenvalue weighted by Gasteiger charge is -2.34. The molecule has 2 fully saturated rings. The molecule has 9 rings (SSSR count). The summed E-state index contributed by atoms with van der Waals surface area (Å²) >= 11 is 0. The number of nitrogens with two attached hydrogens (primary N) is 1. The van der Waals surface area contributed by atoms with Gasteiger partial charge in [-0.1, -0.05) is 38.6 Å². The Kier molecular flexibility index (Phi) is 11.5. The van der Waals surface area contributed by atoms with Crippen LogP contribution in [0.25, 0.3) is 28.1 Å². The molecule has 17 heteroatoms. The topological polar surface area (TPSA) is 181 Å². The maximum Gasteiger partial charge on any atom is 0.438 e. The quantitative estimate of drug-likeness (QED) is 0.0902. The number of halogens is 1. The first-order chi connectivity index (χ1) is 31.6. The number of fused-ring (bicyclic) bond motifs is 2. The lowest BCUT2D eigenvalue weighted by molar-refractivity contribution is 0.0663. The Labute approximate surface area is 381 Å².